The maximum Gasteiger partial charge on any atom is 0.225 e. The van der Waals surface area contributed by atoms with Crippen LogP contribution in [0.15, 0.2) is 18.5 Å². The Kier molecular flexibility index (Phi) is 4.46. The second-order valence-corrected chi connectivity index (χ2v) is 7.47. The van der Waals surface area contributed by atoms with Gasteiger partial charge < -0.3 is 9.80 Å². The van der Waals surface area contributed by atoms with Gasteiger partial charge in [-0.05, 0) is 32.6 Å². The number of nitrogens with zero attached hydrogens (tertiary/aromatic N) is 6. The number of aryl methyl sites for hydroxylation is 1. The normalized spacial score (nSPS) is 18.4. The highest BCUT2D eigenvalue weighted by Crippen LogP contribution is 2.38. The Bertz CT molecular complexity index is 738. The van der Waals surface area contributed by atoms with E-state index in [4.69, 9.17) is 16.6 Å². The Morgan fingerprint density at radius 3 is 2.40 bits per heavy atom. The van der Waals surface area contributed by atoms with Crippen LogP contribution in [0.5, 0.6) is 0 Å². The smallest absolute Gasteiger partial charge is 0.225 e. The summed E-state index contributed by atoms with van der Waals surface area (Å²) < 4.78 is 0. The molecule has 1 aliphatic carbocycles. The lowest BCUT2D eigenvalue weighted by atomic mass is 10.0. The molecule has 0 bridgehead atoms. The molecule has 2 aromatic heterocycles. The number of anilines is 2. The molecule has 6 nitrogen and oxygen atoms in total. The van der Waals surface area contributed by atoms with Crippen molar-refractivity contribution in [1.29, 1.82) is 0 Å². The molecule has 0 N–H and O–H groups in total. The Labute approximate surface area is 153 Å². The molecule has 1 aliphatic heterocycles. The standard InChI is InChI=1S/C18H23ClN6/c1-12-9-16(23-17(22-12)13-3-4-13)25-7-5-15(6-8-25)24(2)18-20-10-14(19)11-21-18/h9-11,13,15H,3-8H2,1-2H3. The minimum absolute atomic E-state index is 0.434. The summed E-state index contributed by atoms with van der Waals surface area (Å²) in [6.07, 6.45) is 7.89. The largest absolute Gasteiger partial charge is 0.356 e. The van der Waals surface area contributed by atoms with E-state index in [1.807, 2.05) is 0 Å². The van der Waals surface area contributed by atoms with Crippen molar-refractivity contribution in [3.63, 3.8) is 0 Å². The zero-order valence-corrected chi connectivity index (χ0v) is 15.4. The first-order valence-electron chi connectivity index (χ1n) is 8.91. The lowest BCUT2D eigenvalue weighted by Gasteiger charge is -2.37. The van der Waals surface area contributed by atoms with Gasteiger partial charge in [-0.25, -0.2) is 19.9 Å². The van der Waals surface area contributed by atoms with Crippen molar-refractivity contribution in [2.45, 2.75) is 44.6 Å². The Morgan fingerprint density at radius 2 is 1.76 bits per heavy atom. The minimum atomic E-state index is 0.434. The first-order chi connectivity index (χ1) is 12.1. The molecule has 1 saturated carbocycles. The number of rotatable bonds is 4. The van der Waals surface area contributed by atoms with E-state index in [9.17, 15) is 0 Å². The zero-order valence-electron chi connectivity index (χ0n) is 14.7. The second-order valence-electron chi connectivity index (χ2n) is 7.03. The molecule has 4 rings (SSSR count). The van der Waals surface area contributed by atoms with Gasteiger partial charge in [-0.15, -0.1) is 0 Å². The molecule has 2 aromatic rings. The van der Waals surface area contributed by atoms with E-state index in [2.05, 4.69) is 44.8 Å². The molecule has 1 saturated heterocycles. The van der Waals surface area contributed by atoms with Crippen LogP contribution in [0.25, 0.3) is 0 Å². The fraction of sp³-hybridized carbons (Fsp3) is 0.556. The van der Waals surface area contributed by atoms with Gasteiger partial charge in [-0.2, -0.15) is 0 Å². The minimum Gasteiger partial charge on any atom is -0.356 e. The van der Waals surface area contributed by atoms with Crippen LogP contribution in [0.1, 0.15) is 43.1 Å². The Hall–Kier alpha value is -1.95. The van der Waals surface area contributed by atoms with Crippen LogP contribution in [0.2, 0.25) is 5.02 Å². The lowest BCUT2D eigenvalue weighted by molar-refractivity contribution is 0.475. The average molecular weight is 359 g/mol. The van der Waals surface area contributed by atoms with Gasteiger partial charge in [0.05, 0.1) is 17.4 Å². The van der Waals surface area contributed by atoms with E-state index in [-0.39, 0.29) is 0 Å². The fourth-order valence-electron chi connectivity index (χ4n) is 3.39. The van der Waals surface area contributed by atoms with Crippen molar-refractivity contribution in [3.8, 4) is 0 Å². The molecular weight excluding hydrogens is 336 g/mol. The highest BCUT2D eigenvalue weighted by Gasteiger charge is 2.29. The topological polar surface area (TPSA) is 58.0 Å². The van der Waals surface area contributed by atoms with E-state index >= 15 is 0 Å². The van der Waals surface area contributed by atoms with Crippen LogP contribution in [0, 0.1) is 6.92 Å². The molecule has 7 heteroatoms. The van der Waals surface area contributed by atoms with Crippen molar-refractivity contribution >= 4 is 23.4 Å². The number of aromatic nitrogens is 4. The molecule has 2 fully saturated rings. The SMILES string of the molecule is Cc1cc(N2CCC(N(C)c3ncc(Cl)cn3)CC2)nc(C2CC2)n1. The maximum absolute atomic E-state index is 5.88. The molecule has 0 aromatic carbocycles. The summed E-state index contributed by atoms with van der Waals surface area (Å²) in [6.45, 7) is 4.04. The summed E-state index contributed by atoms with van der Waals surface area (Å²) in [5.74, 6) is 3.43. The van der Waals surface area contributed by atoms with Gasteiger partial charge in [0.1, 0.15) is 11.6 Å². The predicted molar refractivity (Wildman–Crippen MR) is 99.4 cm³/mol. The highest BCUT2D eigenvalue weighted by atomic mass is 35.5. The van der Waals surface area contributed by atoms with Crippen molar-refractivity contribution in [3.05, 3.63) is 35.0 Å². The third-order valence-corrected chi connectivity index (χ3v) is 5.25. The summed E-state index contributed by atoms with van der Waals surface area (Å²) in [5.41, 5.74) is 1.07. The molecule has 0 unspecified atom stereocenters. The Balaban J connectivity index is 1.42. The molecular formula is C18H23ClN6. The van der Waals surface area contributed by atoms with Crippen molar-refractivity contribution in [1.82, 2.24) is 19.9 Å². The molecule has 132 valence electrons. The highest BCUT2D eigenvalue weighted by molar-refractivity contribution is 6.30. The number of hydrogen-bond acceptors (Lipinski definition) is 6. The molecule has 3 heterocycles. The van der Waals surface area contributed by atoms with E-state index in [1.54, 1.807) is 12.4 Å². The van der Waals surface area contributed by atoms with Crippen LogP contribution in [0.3, 0.4) is 0 Å². The maximum atomic E-state index is 5.88. The summed E-state index contributed by atoms with van der Waals surface area (Å²) in [6, 6.07) is 2.54. The van der Waals surface area contributed by atoms with E-state index < -0.39 is 0 Å². The van der Waals surface area contributed by atoms with Crippen molar-refractivity contribution in [2.75, 3.05) is 29.9 Å². The monoisotopic (exact) mass is 358 g/mol. The van der Waals surface area contributed by atoms with Crippen LogP contribution in [0.4, 0.5) is 11.8 Å². The molecule has 0 atom stereocenters. The second kappa shape index (κ2) is 6.75. The van der Waals surface area contributed by atoms with Crippen LogP contribution in [-0.2, 0) is 0 Å². The summed E-state index contributed by atoms with van der Waals surface area (Å²) >= 11 is 5.88. The zero-order chi connectivity index (χ0) is 17.4. The van der Waals surface area contributed by atoms with Gasteiger partial charge in [-0.1, -0.05) is 11.6 Å². The van der Waals surface area contributed by atoms with Crippen LogP contribution < -0.4 is 9.80 Å². The molecule has 0 amide bonds. The summed E-state index contributed by atoms with van der Waals surface area (Å²) in [7, 11) is 2.06. The van der Waals surface area contributed by atoms with E-state index in [1.165, 1.54) is 12.8 Å². The van der Waals surface area contributed by atoms with Crippen LogP contribution in [-0.4, -0.2) is 46.1 Å². The number of piperidine rings is 1. The molecule has 25 heavy (non-hydrogen) atoms. The predicted octanol–water partition coefficient (Wildman–Crippen LogP) is 3.21. The van der Waals surface area contributed by atoms with Gasteiger partial charge >= 0.3 is 0 Å². The lowest BCUT2D eigenvalue weighted by Crippen LogP contribution is -2.44. The quantitative estimate of drug-likeness (QED) is 0.836. The molecule has 2 aliphatic rings. The van der Waals surface area contributed by atoms with Crippen molar-refractivity contribution in [2.24, 2.45) is 0 Å². The van der Waals surface area contributed by atoms with E-state index in [0.717, 1.165) is 49.2 Å². The van der Waals surface area contributed by atoms with Gasteiger partial charge in [0.2, 0.25) is 5.95 Å². The first kappa shape index (κ1) is 16.5. The summed E-state index contributed by atoms with van der Waals surface area (Å²) in [4.78, 5) is 22.6. The third kappa shape index (κ3) is 3.68. The fourth-order valence-corrected chi connectivity index (χ4v) is 3.49. The number of hydrogen-bond donors (Lipinski definition) is 0. The van der Waals surface area contributed by atoms with E-state index in [0.29, 0.717) is 17.0 Å². The molecule has 0 radical (unpaired) electrons. The third-order valence-electron chi connectivity index (χ3n) is 5.06. The van der Waals surface area contributed by atoms with Gasteiger partial charge in [0.15, 0.2) is 0 Å². The first-order valence-corrected chi connectivity index (χ1v) is 9.29. The van der Waals surface area contributed by atoms with Gasteiger partial charge in [0.25, 0.3) is 0 Å². The molecule has 0 spiro atoms. The van der Waals surface area contributed by atoms with Gasteiger partial charge in [-0.3, -0.25) is 0 Å². The van der Waals surface area contributed by atoms with Gasteiger partial charge in [0, 0.05) is 43.9 Å². The average Bonchev–Trinajstić information content (AvgIpc) is 3.47. The summed E-state index contributed by atoms with van der Waals surface area (Å²) in [5, 5.41) is 0.567. The van der Waals surface area contributed by atoms with Crippen molar-refractivity contribution < 1.29 is 0 Å². The number of halogens is 1. The van der Waals surface area contributed by atoms with Crippen LogP contribution >= 0.6 is 11.6 Å². The Morgan fingerprint density at radius 1 is 1.08 bits per heavy atom.